The van der Waals surface area contributed by atoms with Crippen LogP contribution in [0.4, 0.5) is 17.6 Å². The van der Waals surface area contributed by atoms with Crippen molar-refractivity contribution in [1.29, 1.82) is 0 Å². The van der Waals surface area contributed by atoms with Crippen molar-refractivity contribution in [3.8, 4) is 0 Å². The normalized spacial score (nSPS) is 34.6. The molecule has 1 nitrogen and oxygen atoms in total. The largest absolute Gasteiger partial charge is 0.324 e. The van der Waals surface area contributed by atoms with Crippen LogP contribution in [-0.4, -0.2) is 0 Å². The van der Waals surface area contributed by atoms with Crippen molar-refractivity contribution < 1.29 is 17.6 Å². The van der Waals surface area contributed by atoms with Gasteiger partial charge in [0.15, 0.2) is 11.6 Å². The maximum absolute atomic E-state index is 15.3. The summed E-state index contributed by atoms with van der Waals surface area (Å²) in [5.74, 6) is -4.74. The quantitative estimate of drug-likeness (QED) is 0.504. The van der Waals surface area contributed by atoms with E-state index in [-0.39, 0.29) is 23.5 Å². The van der Waals surface area contributed by atoms with E-state index in [1.54, 1.807) is 6.92 Å². The maximum atomic E-state index is 15.3. The SMILES string of the molecule is CCC(N)c1cc2c(c(F)c1F)C(F)(F)C(C1CCC(C3CCC(C)CC3)CC1)C2. The highest BCUT2D eigenvalue weighted by Crippen LogP contribution is 2.55. The molecule has 2 N–H and O–H groups in total. The van der Waals surface area contributed by atoms with Crippen molar-refractivity contribution in [1.82, 2.24) is 0 Å². The summed E-state index contributed by atoms with van der Waals surface area (Å²) in [6.07, 6.45) is 9.20. The molecule has 0 aliphatic heterocycles. The molecular weight excluding hydrogens is 390 g/mol. The van der Waals surface area contributed by atoms with Crippen molar-refractivity contribution in [3.05, 3.63) is 34.4 Å². The molecule has 2 atom stereocenters. The van der Waals surface area contributed by atoms with Crippen LogP contribution in [0.2, 0.25) is 0 Å². The summed E-state index contributed by atoms with van der Waals surface area (Å²) < 4.78 is 59.8. The number of nitrogens with two attached hydrogens (primary N) is 1. The Morgan fingerprint density at radius 1 is 0.933 bits per heavy atom. The molecule has 2 fully saturated rings. The summed E-state index contributed by atoms with van der Waals surface area (Å²) in [5.41, 5.74) is 5.48. The Bertz CT molecular complexity index is 761. The molecular formula is C25H35F4N. The lowest BCUT2D eigenvalue weighted by atomic mass is 9.67. The molecule has 0 amide bonds. The third-order valence-electron chi connectivity index (χ3n) is 8.51. The van der Waals surface area contributed by atoms with Crippen molar-refractivity contribution in [2.45, 2.75) is 90.0 Å². The van der Waals surface area contributed by atoms with Crippen LogP contribution in [0.1, 0.15) is 94.4 Å². The molecule has 168 valence electrons. The van der Waals surface area contributed by atoms with E-state index in [1.807, 2.05) is 0 Å². The fourth-order valence-electron chi connectivity index (χ4n) is 6.50. The highest BCUT2D eigenvalue weighted by Gasteiger charge is 2.54. The van der Waals surface area contributed by atoms with Crippen molar-refractivity contribution in [3.63, 3.8) is 0 Å². The van der Waals surface area contributed by atoms with E-state index < -0.39 is 35.1 Å². The lowest BCUT2D eigenvalue weighted by Gasteiger charge is -2.39. The van der Waals surface area contributed by atoms with E-state index in [9.17, 15) is 8.78 Å². The number of alkyl halides is 2. The van der Waals surface area contributed by atoms with Gasteiger partial charge in [-0.3, -0.25) is 0 Å². The molecule has 0 saturated heterocycles. The average Bonchev–Trinajstić information content (AvgIpc) is 3.01. The van der Waals surface area contributed by atoms with Gasteiger partial charge in [-0.15, -0.1) is 0 Å². The summed E-state index contributed by atoms with van der Waals surface area (Å²) in [5, 5.41) is 0. The van der Waals surface area contributed by atoms with E-state index in [2.05, 4.69) is 6.92 Å². The number of rotatable bonds is 4. The minimum absolute atomic E-state index is 0.0282. The van der Waals surface area contributed by atoms with E-state index >= 15 is 8.78 Å². The summed E-state index contributed by atoms with van der Waals surface area (Å²) in [6.45, 7) is 4.09. The van der Waals surface area contributed by atoms with Crippen LogP contribution in [0.25, 0.3) is 0 Å². The summed E-state index contributed by atoms with van der Waals surface area (Å²) in [7, 11) is 0. The van der Waals surface area contributed by atoms with Crippen molar-refractivity contribution >= 4 is 0 Å². The zero-order valence-corrected chi connectivity index (χ0v) is 18.2. The van der Waals surface area contributed by atoms with Gasteiger partial charge in [-0.05, 0) is 80.6 Å². The second-order valence-corrected chi connectivity index (χ2v) is 10.3. The van der Waals surface area contributed by atoms with Gasteiger partial charge in [0.2, 0.25) is 0 Å². The fourth-order valence-corrected chi connectivity index (χ4v) is 6.50. The van der Waals surface area contributed by atoms with E-state index in [1.165, 1.54) is 31.7 Å². The van der Waals surface area contributed by atoms with Gasteiger partial charge in [-0.2, -0.15) is 0 Å². The maximum Gasteiger partial charge on any atom is 0.279 e. The van der Waals surface area contributed by atoms with Crippen LogP contribution >= 0.6 is 0 Å². The van der Waals surface area contributed by atoms with Gasteiger partial charge in [0, 0.05) is 17.5 Å². The van der Waals surface area contributed by atoms with Crippen LogP contribution in [0, 0.1) is 41.2 Å². The first-order chi connectivity index (χ1) is 14.2. The lowest BCUT2D eigenvalue weighted by Crippen LogP contribution is -2.33. The number of benzene rings is 1. The molecule has 0 spiro atoms. The Labute approximate surface area is 177 Å². The number of hydrogen-bond donors (Lipinski definition) is 1. The van der Waals surface area contributed by atoms with E-state index in [0.717, 1.165) is 37.5 Å². The molecule has 2 unspecified atom stereocenters. The second-order valence-electron chi connectivity index (χ2n) is 10.3. The summed E-state index contributed by atoms with van der Waals surface area (Å²) in [6, 6.07) is 0.733. The van der Waals surface area contributed by atoms with E-state index in [4.69, 9.17) is 5.73 Å². The zero-order valence-electron chi connectivity index (χ0n) is 18.2. The van der Waals surface area contributed by atoms with Gasteiger partial charge in [0.1, 0.15) is 0 Å². The minimum atomic E-state index is -3.31. The fraction of sp³-hybridized carbons (Fsp3) is 0.760. The van der Waals surface area contributed by atoms with Gasteiger partial charge < -0.3 is 5.73 Å². The Hall–Kier alpha value is -1.10. The van der Waals surface area contributed by atoms with Crippen LogP contribution in [0.5, 0.6) is 0 Å². The average molecular weight is 426 g/mol. The van der Waals surface area contributed by atoms with Crippen molar-refractivity contribution in [2.24, 2.45) is 35.3 Å². The number of hydrogen-bond acceptors (Lipinski definition) is 1. The molecule has 0 heterocycles. The van der Waals surface area contributed by atoms with Gasteiger partial charge >= 0.3 is 0 Å². The molecule has 3 aliphatic carbocycles. The number of halogens is 4. The molecule has 3 aliphatic rings. The Morgan fingerprint density at radius 3 is 2.03 bits per heavy atom. The van der Waals surface area contributed by atoms with Gasteiger partial charge in [0.05, 0.1) is 5.56 Å². The highest BCUT2D eigenvalue weighted by molar-refractivity contribution is 5.43. The third-order valence-corrected chi connectivity index (χ3v) is 8.51. The molecule has 4 rings (SSSR count). The predicted octanol–water partition coefficient (Wildman–Crippen LogP) is 7.27. The Morgan fingerprint density at radius 2 is 1.47 bits per heavy atom. The first kappa shape index (κ1) is 22.1. The highest BCUT2D eigenvalue weighted by atomic mass is 19.3. The van der Waals surface area contributed by atoms with Crippen molar-refractivity contribution in [2.75, 3.05) is 0 Å². The molecule has 30 heavy (non-hydrogen) atoms. The summed E-state index contributed by atoms with van der Waals surface area (Å²) >= 11 is 0. The molecule has 0 radical (unpaired) electrons. The lowest BCUT2D eigenvalue weighted by molar-refractivity contribution is -0.0856. The molecule has 0 aromatic heterocycles. The molecule has 1 aromatic carbocycles. The van der Waals surface area contributed by atoms with Gasteiger partial charge in [-0.1, -0.05) is 32.8 Å². The Balaban J connectivity index is 1.49. The van der Waals surface area contributed by atoms with Crippen LogP contribution in [0.3, 0.4) is 0 Å². The molecule has 1 aromatic rings. The molecule has 0 bridgehead atoms. The molecule has 5 heteroatoms. The van der Waals surface area contributed by atoms with Crippen LogP contribution in [-0.2, 0) is 12.3 Å². The van der Waals surface area contributed by atoms with Crippen LogP contribution < -0.4 is 5.73 Å². The first-order valence-electron chi connectivity index (χ1n) is 11.9. The standard InChI is InChI=1S/C25H35F4N/c1-3-21(30)19-12-18-13-20(25(28,29)22(18)24(27)23(19)26)17-10-8-16(9-11-17)15-6-4-14(2)5-7-15/h12,14-17,20-21H,3-11,13,30H2,1-2H3. The van der Waals surface area contributed by atoms with Gasteiger partial charge in [0.25, 0.3) is 5.92 Å². The van der Waals surface area contributed by atoms with Gasteiger partial charge in [-0.25, -0.2) is 17.6 Å². The Kier molecular flexibility index (Phi) is 6.22. The van der Waals surface area contributed by atoms with Crippen LogP contribution in [0.15, 0.2) is 6.07 Å². The minimum Gasteiger partial charge on any atom is -0.324 e. The first-order valence-corrected chi connectivity index (χ1v) is 11.9. The van der Waals surface area contributed by atoms with E-state index in [0.29, 0.717) is 12.3 Å². The molecule has 2 saturated carbocycles. The number of fused-ring (bicyclic) bond motifs is 1. The third kappa shape index (κ3) is 3.80. The predicted molar refractivity (Wildman–Crippen MR) is 111 cm³/mol. The summed E-state index contributed by atoms with van der Waals surface area (Å²) in [4.78, 5) is 0. The monoisotopic (exact) mass is 425 g/mol. The smallest absolute Gasteiger partial charge is 0.279 e. The topological polar surface area (TPSA) is 26.0 Å². The second kappa shape index (κ2) is 8.44. The zero-order chi connectivity index (χ0) is 21.6.